The summed E-state index contributed by atoms with van der Waals surface area (Å²) in [5.74, 6) is 0.863. The number of aryl methyl sites for hydroxylation is 1. The van der Waals surface area contributed by atoms with E-state index in [0.29, 0.717) is 0 Å². The molecule has 0 spiro atoms. The topological polar surface area (TPSA) is 27.1 Å². The second kappa shape index (κ2) is 5.21. The molecule has 0 aliphatic heterocycles. The van der Waals surface area contributed by atoms with Crippen LogP contribution in [0.1, 0.15) is 5.56 Å². The lowest BCUT2D eigenvalue weighted by atomic mass is 10.0. The normalized spacial score (nSPS) is 10.5. The van der Waals surface area contributed by atoms with Gasteiger partial charge in [0.05, 0.1) is 12.8 Å². The highest BCUT2D eigenvalue weighted by molar-refractivity contribution is 5.75. The summed E-state index contributed by atoms with van der Waals surface area (Å²) in [4.78, 5) is 0. The van der Waals surface area contributed by atoms with Crippen molar-refractivity contribution in [1.82, 2.24) is 9.78 Å². The minimum Gasteiger partial charge on any atom is -0.497 e. The van der Waals surface area contributed by atoms with E-state index >= 15 is 0 Å². The van der Waals surface area contributed by atoms with E-state index in [2.05, 4.69) is 42.4 Å². The summed E-state index contributed by atoms with van der Waals surface area (Å²) in [6.45, 7) is 2.10. The molecule has 2 aromatic carbocycles. The van der Waals surface area contributed by atoms with Crippen molar-refractivity contribution < 1.29 is 4.74 Å². The molecule has 3 rings (SSSR count). The third kappa shape index (κ3) is 2.18. The molecular formula is C17H16N2O. The highest BCUT2D eigenvalue weighted by atomic mass is 16.5. The van der Waals surface area contributed by atoms with Crippen molar-refractivity contribution >= 4 is 0 Å². The number of hydrogen-bond acceptors (Lipinski definition) is 2. The van der Waals surface area contributed by atoms with Gasteiger partial charge in [-0.05, 0) is 36.2 Å². The van der Waals surface area contributed by atoms with Crippen LogP contribution in [0.4, 0.5) is 0 Å². The lowest BCUT2D eigenvalue weighted by Gasteiger charge is -2.13. The first-order valence-corrected chi connectivity index (χ1v) is 6.53. The first kappa shape index (κ1) is 12.5. The Morgan fingerprint density at radius 1 is 1.00 bits per heavy atom. The Kier molecular flexibility index (Phi) is 3.25. The highest BCUT2D eigenvalue weighted by Crippen LogP contribution is 2.30. The van der Waals surface area contributed by atoms with Gasteiger partial charge in [0.1, 0.15) is 5.75 Å². The second-order valence-electron chi connectivity index (χ2n) is 4.65. The Balaban J connectivity index is 2.16. The first-order valence-electron chi connectivity index (χ1n) is 6.53. The molecule has 0 bridgehead atoms. The number of benzene rings is 2. The van der Waals surface area contributed by atoms with E-state index in [1.165, 1.54) is 5.56 Å². The van der Waals surface area contributed by atoms with Crippen LogP contribution in [0.25, 0.3) is 16.8 Å². The van der Waals surface area contributed by atoms with Crippen molar-refractivity contribution in [3.63, 3.8) is 0 Å². The highest BCUT2D eigenvalue weighted by Gasteiger charge is 2.10. The van der Waals surface area contributed by atoms with Crippen LogP contribution >= 0.6 is 0 Å². The van der Waals surface area contributed by atoms with Gasteiger partial charge in [-0.1, -0.05) is 30.3 Å². The van der Waals surface area contributed by atoms with Crippen molar-refractivity contribution in [2.75, 3.05) is 7.11 Å². The zero-order valence-electron chi connectivity index (χ0n) is 11.6. The summed E-state index contributed by atoms with van der Waals surface area (Å²) < 4.78 is 7.13. The molecule has 0 unspecified atom stereocenters. The number of para-hydroxylation sites is 1. The Morgan fingerprint density at radius 2 is 1.80 bits per heavy atom. The van der Waals surface area contributed by atoms with E-state index in [1.54, 1.807) is 13.3 Å². The first-order chi connectivity index (χ1) is 9.79. The van der Waals surface area contributed by atoms with Crippen LogP contribution in [0.3, 0.4) is 0 Å². The monoisotopic (exact) mass is 264 g/mol. The average Bonchev–Trinajstić information content (AvgIpc) is 3.01. The Bertz CT molecular complexity index is 700. The fourth-order valence-electron chi connectivity index (χ4n) is 2.37. The van der Waals surface area contributed by atoms with Crippen LogP contribution in [0.15, 0.2) is 60.9 Å². The molecule has 100 valence electrons. The van der Waals surface area contributed by atoms with Crippen molar-refractivity contribution in [1.29, 1.82) is 0 Å². The summed E-state index contributed by atoms with van der Waals surface area (Å²) in [5.41, 5.74) is 4.63. The summed E-state index contributed by atoms with van der Waals surface area (Å²) >= 11 is 0. The van der Waals surface area contributed by atoms with Crippen molar-refractivity contribution in [3.8, 4) is 22.6 Å². The molecule has 0 aliphatic carbocycles. The fourth-order valence-corrected chi connectivity index (χ4v) is 2.37. The van der Waals surface area contributed by atoms with Crippen molar-refractivity contribution in [2.24, 2.45) is 0 Å². The Morgan fingerprint density at radius 3 is 2.45 bits per heavy atom. The number of methoxy groups -OCH3 is 1. The number of hydrogen-bond donors (Lipinski definition) is 0. The number of aromatic nitrogens is 2. The van der Waals surface area contributed by atoms with Crippen LogP contribution in [-0.4, -0.2) is 16.9 Å². The summed E-state index contributed by atoms with van der Waals surface area (Å²) in [5, 5.41) is 4.36. The number of ether oxygens (including phenoxy) is 1. The predicted octanol–water partition coefficient (Wildman–Crippen LogP) is 3.86. The van der Waals surface area contributed by atoms with Gasteiger partial charge in [-0.2, -0.15) is 5.10 Å². The molecule has 0 atom stereocenters. The molecule has 3 heteroatoms. The van der Waals surface area contributed by atoms with E-state index < -0.39 is 0 Å². The van der Waals surface area contributed by atoms with Crippen LogP contribution in [0, 0.1) is 6.92 Å². The molecule has 0 saturated heterocycles. The van der Waals surface area contributed by atoms with Gasteiger partial charge in [0.25, 0.3) is 0 Å². The molecule has 0 N–H and O–H groups in total. The molecule has 1 aromatic heterocycles. The van der Waals surface area contributed by atoms with E-state index in [-0.39, 0.29) is 0 Å². The molecule has 0 fully saturated rings. The van der Waals surface area contributed by atoms with Crippen LogP contribution < -0.4 is 4.74 Å². The largest absolute Gasteiger partial charge is 0.497 e. The SMILES string of the molecule is COc1ccc(-c2cccc(C)c2-n2cccn2)cc1. The van der Waals surface area contributed by atoms with Crippen LogP contribution in [0.5, 0.6) is 5.75 Å². The molecule has 3 aromatic rings. The minimum atomic E-state index is 0.863. The van der Waals surface area contributed by atoms with Crippen molar-refractivity contribution in [2.45, 2.75) is 6.92 Å². The van der Waals surface area contributed by atoms with E-state index in [0.717, 1.165) is 22.6 Å². The van der Waals surface area contributed by atoms with Gasteiger partial charge >= 0.3 is 0 Å². The molecule has 0 aliphatic rings. The molecule has 0 amide bonds. The summed E-state index contributed by atoms with van der Waals surface area (Å²) in [6.07, 6.45) is 3.76. The lowest BCUT2D eigenvalue weighted by Crippen LogP contribution is -2.00. The second-order valence-corrected chi connectivity index (χ2v) is 4.65. The smallest absolute Gasteiger partial charge is 0.118 e. The minimum absolute atomic E-state index is 0.863. The lowest BCUT2D eigenvalue weighted by molar-refractivity contribution is 0.415. The molecular weight excluding hydrogens is 248 g/mol. The van der Waals surface area contributed by atoms with E-state index in [1.807, 2.05) is 29.1 Å². The van der Waals surface area contributed by atoms with Crippen LogP contribution in [-0.2, 0) is 0 Å². The molecule has 3 nitrogen and oxygen atoms in total. The molecule has 0 radical (unpaired) electrons. The zero-order valence-corrected chi connectivity index (χ0v) is 11.6. The number of rotatable bonds is 3. The van der Waals surface area contributed by atoms with E-state index in [4.69, 9.17) is 4.74 Å². The Hall–Kier alpha value is -2.55. The van der Waals surface area contributed by atoms with Gasteiger partial charge in [0.15, 0.2) is 0 Å². The third-order valence-corrected chi connectivity index (χ3v) is 3.37. The van der Waals surface area contributed by atoms with Crippen LogP contribution in [0.2, 0.25) is 0 Å². The van der Waals surface area contributed by atoms with Gasteiger partial charge in [-0.25, -0.2) is 4.68 Å². The van der Waals surface area contributed by atoms with Gasteiger partial charge in [-0.3, -0.25) is 0 Å². The maximum absolute atomic E-state index is 5.21. The zero-order chi connectivity index (χ0) is 13.9. The summed E-state index contributed by atoms with van der Waals surface area (Å²) in [7, 11) is 1.68. The molecule has 0 saturated carbocycles. The van der Waals surface area contributed by atoms with Gasteiger partial charge < -0.3 is 4.74 Å². The molecule has 1 heterocycles. The quantitative estimate of drug-likeness (QED) is 0.718. The Labute approximate surface area is 118 Å². The third-order valence-electron chi connectivity index (χ3n) is 3.37. The van der Waals surface area contributed by atoms with E-state index in [9.17, 15) is 0 Å². The maximum Gasteiger partial charge on any atom is 0.118 e. The predicted molar refractivity (Wildman–Crippen MR) is 80.3 cm³/mol. The summed E-state index contributed by atoms with van der Waals surface area (Å²) in [6, 6.07) is 16.3. The maximum atomic E-state index is 5.21. The standard InChI is InChI=1S/C17H16N2O/c1-13-5-3-6-16(17(13)19-12-4-11-18-19)14-7-9-15(20-2)10-8-14/h3-12H,1-2H3. The van der Waals surface area contributed by atoms with Gasteiger partial charge in [0, 0.05) is 18.0 Å². The fraction of sp³-hybridized carbons (Fsp3) is 0.118. The van der Waals surface area contributed by atoms with Gasteiger partial charge in [-0.15, -0.1) is 0 Å². The number of nitrogens with zero attached hydrogens (tertiary/aromatic N) is 2. The van der Waals surface area contributed by atoms with Crippen molar-refractivity contribution in [3.05, 3.63) is 66.5 Å². The molecule has 20 heavy (non-hydrogen) atoms. The average molecular weight is 264 g/mol. The van der Waals surface area contributed by atoms with Gasteiger partial charge in [0.2, 0.25) is 0 Å².